The van der Waals surface area contributed by atoms with E-state index in [0.29, 0.717) is 28.9 Å². The highest BCUT2D eigenvalue weighted by atomic mass is 35.5. The van der Waals surface area contributed by atoms with Crippen LogP contribution < -0.4 is 5.32 Å². The Morgan fingerprint density at radius 1 is 1.48 bits per heavy atom. The van der Waals surface area contributed by atoms with Gasteiger partial charge < -0.3 is 10.2 Å². The molecule has 2 aliphatic rings. The molecule has 1 saturated heterocycles. The van der Waals surface area contributed by atoms with Crippen LogP contribution in [-0.4, -0.2) is 41.3 Å². The molecule has 6 heteroatoms. The molecule has 1 amide bonds. The summed E-state index contributed by atoms with van der Waals surface area (Å²) in [6.45, 7) is 6.26. The highest BCUT2D eigenvalue weighted by Gasteiger charge is 2.44. The number of halogens is 1. The van der Waals surface area contributed by atoms with E-state index in [1.807, 2.05) is 0 Å². The number of amides is 1. The maximum Gasteiger partial charge on any atom is 0.273 e. The molecule has 1 atom stereocenters. The monoisotopic (exact) mass is 335 g/mol. The fourth-order valence-corrected chi connectivity index (χ4v) is 3.40. The molecule has 1 spiro atoms. The molecular formula is C17H22ClN3O2. The van der Waals surface area contributed by atoms with E-state index in [-0.39, 0.29) is 11.5 Å². The van der Waals surface area contributed by atoms with Gasteiger partial charge in [-0.05, 0) is 51.4 Å². The summed E-state index contributed by atoms with van der Waals surface area (Å²) in [5, 5.41) is 7.49. The van der Waals surface area contributed by atoms with E-state index in [1.54, 1.807) is 24.3 Å². The molecule has 124 valence electrons. The number of oxime groups is 1. The Hall–Kier alpha value is -1.59. The zero-order valence-corrected chi connectivity index (χ0v) is 14.3. The van der Waals surface area contributed by atoms with Crippen LogP contribution in [0.15, 0.2) is 29.4 Å². The van der Waals surface area contributed by atoms with Crippen LogP contribution in [0.1, 0.15) is 33.1 Å². The lowest BCUT2D eigenvalue weighted by Gasteiger charge is -2.40. The quantitative estimate of drug-likeness (QED) is 0.922. The zero-order chi connectivity index (χ0) is 16.4. The number of nitrogens with zero attached hydrogens (tertiary/aromatic N) is 2. The Morgan fingerprint density at radius 2 is 2.30 bits per heavy atom. The van der Waals surface area contributed by atoms with E-state index in [2.05, 4.69) is 29.2 Å². The second-order valence-electron chi connectivity index (χ2n) is 6.62. The predicted molar refractivity (Wildman–Crippen MR) is 91.9 cm³/mol. The van der Waals surface area contributed by atoms with Crippen molar-refractivity contribution in [1.29, 1.82) is 0 Å². The van der Waals surface area contributed by atoms with Crippen LogP contribution in [0.25, 0.3) is 0 Å². The highest BCUT2D eigenvalue weighted by molar-refractivity contribution is 6.43. The first-order chi connectivity index (χ1) is 11.0. The van der Waals surface area contributed by atoms with Crippen molar-refractivity contribution in [3.8, 4) is 0 Å². The number of nitrogens with one attached hydrogen (secondary N) is 1. The minimum absolute atomic E-state index is 0.217. The van der Waals surface area contributed by atoms with Crippen LogP contribution in [0.2, 0.25) is 5.02 Å². The molecule has 23 heavy (non-hydrogen) atoms. The van der Waals surface area contributed by atoms with Gasteiger partial charge in [0, 0.05) is 29.7 Å². The minimum Gasteiger partial charge on any atom is -0.387 e. The molecule has 1 N–H and O–H groups in total. The van der Waals surface area contributed by atoms with Crippen LogP contribution in [0.4, 0.5) is 5.69 Å². The molecule has 1 fully saturated rings. The second kappa shape index (κ2) is 6.49. The normalized spacial score (nSPS) is 24.6. The zero-order valence-electron chi connectivity index (χ0n) is 13.5. The van der Waals surface area contributed by atoms with Crippen LogP contribution >= 0.6 is 11.6 Å². The predicted octanol–water partition coefficient (Wildman–Crippen LogP) is 3.30. The van der Waals surface area contributed by atoms with Crippen molar-refractivity contribution < 1.29 is 9.63 Å². The molecule has 2 heterocycles. The molecule has 0 saturated carbocycles. The summed E-state index contributed by atoms with van der Waals surface area (Å²) in [5.74, 6) is -0.217. The molecule has 0 bridgehead atoms. The van der Waals surface area contributed by atoms with Gasteiger partial charge in [0.1, 0.15) is 5.71 Å². The van der Waals surface area contributed by atoms with E-state index in [1.165, 1.54) is 0 Å². The number of hydrogen-bond acceptors (Lipinski definition) is 4. The molecule has 5 nitrogen and oxygen atoms in total. The third kappa shape index (κ3) is 3.67. The fourth-order valence-electron chi connectivity index (χ4n) is 3.20. The number of carbonyl (C=O) groups is 1. The topological polar surface area (TPSA) is 53.9 Å². The molecule has 1 aromatic carbocycles. The summed E-state index contributed by atoms with van der Waals surface area (Å²) in [7, 11) is 0. The Balaban J connectivity index is 1.63. The number of likely N-dealkylation sites (tertiary alicyclic amines) is 1. The van der Waals surface area contributed by atoms with Gasteiger partial charge in [0.15, 0.2) is 5.60 Å². The summed E-state index contributed by atoms with van der Waals surface area (Å²) in [6, 6.07) is 7.56. The first kappa shape index (κ1) is 16.3. The van der Waals surface area contributed by atoms with Gasteiger partial charge in [-0.25, -0.2) is 0 Å². The second-order valence-corrected chi connectivity index (χ2v) is 7.06. The van der Waals surface area contributed by atoms with Gasteiger partial charge in [-0.2, -0.15) is 0 Å². The molecule has 1 unspecified atom stereocenters. The molecule has 2 aliphatic heterocycles. The lowest BCUT2D eigenvalue weighted by molar-refractivity contribution is -0.110. The van der Waals surface area contributed by atoms with Crippen molar-refractivity contribution in [2.75, 3.05) is 18.4 Å². The Morgan fingerprint density at radius 3 is 3.04 bits per heavy atom. The fraction of sp³-hybridized carbons (Fsp3) is 0.529. The van der Waals surface area contributed by atoms with Crippen molar-refractivity contribution >= 4 is 28.9 Å². The maximum atomic E-state index is 12.4. The van der Waals surface area contributed by atoms with Gasteiger partial charge in [-0.15, -0.1) is 0 Å². The third-order valence-corrected chi connectivity index (χ3v) is 4.72. The first-order valence-electron chi connectivity index (χ1n) is 8.03. The van der Waals surface area contributed by atoms with Gasteiger partial charge >= 0.3 is 0 Å². The third-order valence-electron chi connectivity index (χ3n) is 4.48. The molecule has 0 aliphatic carbocycles. The summed E-state index contributed by atoms with van der Waals surface area (Å²) >= 11 is 5.94. The van der Waals surface area contributed by atoms with Gasteiger partial charge in [0.05, 0.1) is 0 Å². The SMILES string of the molecule is CC(C)N1CCCC2(CC(C(=O)Nc3cccc(Cl)c3)=NO2)C1. The van der Waals surface area contributed by atoms with E-state index < -0.39 is 0 Å². The molecular weight excluding hydrogens is 314 g/mol. The molecule has 3 rings (SSSR count). The number of hydrogen-bond donors (Lipinski definition) is 1. The van der Waals surface area contributed by atoms with Crippen molar-refractivity contribution in [2.24, 2.45) is 5.16 Å². The first-order valence-corrected chi connectivity index (χ1v) is 8.41. The van der Waals surface area contributed by atoms with Crippen LogP contribution in [0.5, 0.6) is 0 Å². The molecule has 0 radical (unpaired) electrons. The summed E-state index contributed by atoms with van der Waals surface area (Å²) < 4.78 is 0. The number of benzene rings is 1. The maximum absolute atomic E-state index is 12.4. The van der Waals surface area contributed by atoms with Crippen LogP contribution in [0, 0.1) is 0 Å². The van der Waals surface area contributed by atoms with E-state index in [4.69, 9.17) is 16.4 Å². The largest absolute Gasteiger partial charge is 0.387 e. The van der Waals surface area contributed by atoms with Gasteiger partial charge in [0.2, 0.25) is 0 Å². The number of rotatable bonds is 3. The van der Waals surface area contributed by atoms with Crippen molar-refractivity contribution in [3.05, 3.63) is 29.3 Å². The smallest absolute Gasteiger partial charge is 0.273 e. The van der Waals surface area contributed by atoms with Gasteiger partial charge in [0.25, 0.3) is 5.91 Å². The Kier molecular flexibility index (Phi) is 4.60. The average molecular weight is 336 g/mol. The molecule has 1 aromatic rings. The number of carbonyl (C=O) groups excluding carboxylic acids is 1. The van der Waals surface area contributed by atoms with Crippen LogP contribution in [-0.2, 0) is 9.63 Å². The van der Waals surface area contributed by atoms with E-state index >= 15 is 0 Å². The lowest BCUT2D eigenvalue weighted by Crippen LogP contribution is -2.50. The highest BCUT2D eigenvalue weighted by Crippen LogP contribution is 2.34. The van der Waals surface area contributed by atoms with Crippen molar-refractivity contribution in [3.63, 3.8) is 0 Å². The number of anilines is 1. The van der Waals surface area contributed by atoms with Gasteiger partial charge in [-0.3, -0.25) is 9.69 Å². The number of piperidine rings is 1. The van der Waals surface area contributed by atoms with E-state index in [0.717, 1.165) is 25.9 Å². The standard InChI is InChI=1S/C17H22ClN3O2/c1-12(2)21-8-4-7-17(11-21)10-15(20-23-17)16(22)19-14-6-3-5-13(18)9-14/h3,5-6,9,12H,4,7-8,10-11H2,1-2H3,(H,19,22). The van der Waals surface area contributed by atoms with Crippen LogP contribution in [0.3, 0.4) is 0 Å². The lowest BCUT2D eigenvalue weighted by atomic mass is 9.87. The average Bonchev–Trinajstić information content (AvgIpc) is 2.91. The summed E-state index contributed by atoms with van der Waals surface area (Å²) in [5.41, 5.74) is 0.776. The van der Waals surface area contributed by atoms with E-state index in [9.17, 15) is 4.79 Å². The summed E-state index contributed by atoms with van der Waals surface area (Å²) in [6.07, 6.45) is 2.56. The summed E-state index contributed by atoms with van der Waals surface area (Å²) in [4.78, 5) is 20.5. The Bertz CT molecular complexity index is 632. The minimum atomic E-state index is -0.344. The van der Waals surface area contributed by atoms with Crippen molar-refractivity contribution in [2.45, 2.75) is 44.8 Å². The Labute approximate surface area is 141 Å². The molecule has 0 aromatic heterocycles. The van der Waals surface area contributed by atoms with Gasteiger partial charge in [-0.1, -0.05) is 22.8 Å². The van der Waals surface area contributed by atoms with Crippen molar-refractivity contribution in [1.82, 2.24) is 4.90 Å².